The highest BCUT2D eigenvalue weighted by molar-refractivity contribution is 9.11. The molecule has 3 saturated heterocycles. The fourth-order valence-corrected chi connectivity index (χ4v) is 8.45. The average molecular weight is 733 g/mol. The molecule has 1 aromatic heterocycles. The molecule has 6 rings (SSSR count). The number of benzene rings is 1. The Kier molecular flexibility index (Phi) is 9.51. The topological polar surface area (TPSA) is 127 Å². The number of nitrogen functional groups attached to an aromatic ring is 1. The maximum absolute atomic E-state index is 14.0. The minimum Gasteiger partial charge on any atom is -0.397 e. The van der Waals surface area contributed by atoms with Gasteiger partial charge in [0.2, 0.25) is 5.91 Å². The van der Waals surface area contributed by atoms with Crippen LogP contribution in [0.4, 0.5) is 21.0 Å². The third-order valence-electron chi connectivity index (χ3n) is 9.57. The second kappa shape index (κ2) is 13.5. The molecule has 11 nitrogen and oxygen atoms in total. The zero-order chi connectivity index (χ0) is 30.8. The van der Waals surface area contributed by atoms with Crippen LogP contribution in [0.5, 0.6) is 0 Å². The van der Waals surface area contributed by atoms with E-state index in [0.717, 1.165) is 52.3 Å². The molecule has 236 valence electrons. The van der Waals surface area contributed by atoms with E-state index in [1.54, 1.807) is 17.3 Å². The van der Waals surface area contributed by atoms with Crippen molar-refractivity contribution in [2.45, 2.75) is 69.1 Å². The summed E-state index contributed by atoms with van der Waals surface area (Å²) in [5.41, 5.74) is 8.67. The van der Waals surface area contributed by atoms with Crippen molar-refractivity contribution in [3.05, 3.63) is 51.2 Å². The predicted molar refractivity (Wildman–Crippen MR) is 176 cm³/mol. The molecular weight excluding hydrogens is 692 g/mol. The first-order valence-electron chi connectivity index (χ1n) is 15.6. The first-order valence-corrected chi connectivity index (χ1v) is 17.2. The van der Waals surface area contributed by atoms with E-state index < -0.39 is 6.04 Å². The monoisotopic (exact) mass is 730 g/mol. The zero-order valence-corrected chi connectivity index (χ0v) is 27.9. The molecule has 1 aliphatic carbocycles. The fraction of sp³-hybridized carbons (Fsp3) is 0.548. The fourth-order valence-electron chi connectivity index (χ4n) is 7.17. The van der Waals surface area contributed by atoms with Crippen LogP contribution in [0.2, 0.25) is 0 Å². The summed E-state index contributed by atoms with van der Waals surface area (Å²) in [4.78, 5) is 52.5. The highest BCUT2D eigenvalue weighted by Crippen LogP contribution is 2.33. The van der Waals surface area contributed by atoms with Crippen molar-refractivity contribution in [3.8, 4) is 0 Å². The number of carbonyl (C=O) groups is 3. The molecule has 5 amide bonds. The number of anilines is 2. The van der Waals surface area contributed by atoms with Gasteiger partial charge in [-0.1, -0.05) is 12.8 Å². The minimum atomic E-state index is -0.734. The molecule has 3 aliphatic heterocycles. The molecule has 0 radical (unpaired) electrons. The number of pyridine rings is 1. The van der Waals surface area contributed by atoms with E-state index in [4.69, 9.17) is 5.73 Å². The molecule has 4 N–H and O–H groups in total. The van der Waals surface area contributed by atoms with Crippen LogP contribution in [0.25, 0.3) is 0 Å². The summed E-state index contributed by atoms with van der Waals surface area (Å²) in [7, 11) is 0. The van der Waals surface area contributed by atoms with Gasteiger partial charge in [-0.3, -0.25) is 9.78 Å². The van der Waals surface area contributed by atoms with Crippen LogP contribution in [-0.4, -0.2) is 101 Å². The number of halogens is 2. The zero-order valence-electron chi connectivity index (χ0n) is 24.8. The quantitative estimate of drug-likeness (QED) is 0.387. The Hall–Kier alpha value is -3.06. The lowest BCUT2D eigenvalue weighted by molar-refractivity contribution is -0.133. The lowest BCUT2D eigenvalue weighted by atomic mass is 9.89. The number of nitrogens with one attached hydrogen (secondary N) is 2. The Bertz CT molecular complexity index is 1340. The molecule has 0 bridgehead atoms. The Labute approximate surface area is 275 Å². The number of rotatable bonds is 6. The van der Waals surface area contributed by atoms with Crippen LogP contribution in [0.15, 0.2) is 45.6 Å². The molecule has 2 unspecified atom stereocenters. The van der Waals surface area contributed by atoms with Crippen molar-refractivity contribution in [2.75, 3.05) is 49.9 Å². The second-order valence-corrected chi connectivity index (χ2v) is 13.9. The number of likely N-dealkylation sites (tertiary alicyclic amines) is 1. The maximum atomic E-state index is 14.0. The van der Waals surface area contributed by atoms with Crippen molar-refractivity contribution in [3.63, 3.8) is 0 Å². The van der Waals surface area contributed by atoms with E-state index in [0.29, 0.717) is 51.4 Å². The molecule has 2 aromatic rings. The number of piperazine rings is 1. The first-order chi connectivity index (χ1) is 21.3. The van der Waals surface area contributed by atoms with Crippen molar-refractivity contribution < 1.29 is 14.4 Å². The highest BCUT2D eigenvalue weighted by atomic mass is 79.9. The van der Waals surface area contributed by atoms with Gasteiger partial charge >= 0.3 is 12.1 Å². The number of hydrogen-bond donors (Lipinski definition) is 3. The SMILES string of the molecule is Nc1c(Br)cc(C[C@@H](NC(=O)N2CCC(N3C(=O)NC4CCCCC43)CC2)C(=O)N2CCN(c3ccncc3)CC2)cc1Br. The summed E-state index contributed by atoms with van der Waals surface area (Å²) in [6, 6.07) is 7.47. The van der Waals surface area contributed by atoms with Gasteiger partial charge in [-0.25, -0.2) is 9.59 Å². The van der Waals surface area contributed by atoms with Gasteiger partial charge in [-0.15, -0.1) is 0 Å². The van der Waals surface area contributed by atoms with E-state index in [9.17, 15) is 14.4 Å². The van der Waals surface area contributed by atoms with Gasteiger partial charge in [0.05, 0.1) is 17.8 Å². The lowest BCUT2D eigenvalue weighted by Crippen LogP contribution is -2.58. The van der Waals surface area contributed by atoms with Crippen LogP contribution >= 0.6 is 31.9 Å². The largest absolute Gasteiger partial charge is 0.397 e. The number of nitrogens with two attached hydrogens (primary N) is 1. The van der Waals surface area contributed by atoms with Gasteiger partial charge in [0, 0.05) is 78.8 Å². The van der Waals surface area contributed by atoms with Crippen LogP contribution < -0.4 is 21.3 Å². The molecule has 0 spiro atoms. The normalized spacial score (nSPS) is 23.3. The van der Waals surface area contributed by atoms with Crippen molar-refractivity contribution >= 4 is 61.2 Å². The Morgan fingerprint density at radius 2 is 1.61 bits per heavy atom. The number of nitrogens with zero attached hydrogens (tertiary/aromatic N) is 5. The molecular formula is C31H40Br2N8O3. The van der Waals surface area contributed by atoms with Crippen LogP contribution in [0, 0.1) is 0 Å². The van der Waals surface area contributed by atoms with E-state index in [1.807, 2.05) is 29.2 Å². The van der Waals surface area contributed by atoms with E-state index >= 15 is 0 Å². The molecule has 13 heteroatoms. The van der Waals surface area contributed by atoms with Crippen LogP contribution in [0.3, 0.4) is 0 Å². The van der Waals surface area contributed by atoms with E-state index in [1.165, 1.54) is 6.42 Å². The van der Waals surface area contributed by atoms with Crippen molar-refractivity contribution in [1.82, 2.24) is 30.3 Å². The number of piperidine rings is 1. The molecule has 1 aromatic carbocycles. The van der Waals surface area contributed by atoms with Crippen molar-refractivity contribution in [1.29, 1.82) is 0 Å². The Morgan fingerprint density at radius 1 is 0.955 bits per heavy atom. The van der Waals surface area contributed by atoms with Crippen LogP contribution in [0.1, 0.15) is 44.1 Å². The van der Waals surface area contributed by atoms with Crippen molar-refractivity contribution in [2.24, 2.45) is 0 Å². The van der Waals surface area contributed by atoms with Gasteiger partial charge in [-0.05, 0) is 87.4 Å². The molecule has 4 aliphatic rings. The number of hydrogen-bond acceptors (Lipinski definition) is 6. The number of urea groups is 2. The molecule has 44 heavy (non-hydrogen) atoms. The molecule has 4 heterocycles. The van der Waals surface area contributed by atoms with Crippen LogP contribution in [-0.2, 0) is 11.2 Å². The standard InChI is InChI=1S/C31H40Br2N8O3/c32-23-17-20(18-24(33)28(23)34)19-26(29(42)39-15-13-38(14-16-39)21-5-9-35-10-6-21)37-30(43)40-11-7-22(8-12-40)41-27-4-2-1-3-25(27)36-31(41)44/h5-6,9-10,17-18,22,25-27H,1-4,7-8,11-16,19,34H2,(H,36,44)(H,37,43)/t25?,26-,27?/m1/s1. The number of fused-ring (bicyclic) bond motifs is 1. The summed E-state index contributed by atoms with van der Waals surface area (Å²) in [6.07, 6.45) is 9.76. The Balaban J connectivity index is 1.11. The summed E-state index contributed by atoms with van der Waals surface area (Å²) < 4.78 is 1.47. The van der Waals surface area contributed by atoms with Gasteiger partial charge in [0.15, 0.2) is 0 Å². The average Bonchev–Trinajstić information content (AvgIpc) is 3.39. The first kappa shape index (κ1) is 30.9. The van der Waals surface area contributed by atoms with E-state index in [-0.39, 0.29) is 36.1 Å². The summed E-state index contributed by atoms with van der Waals surface area (Å²) in [5.74, 6) is -0.0937. The molecule has 4 fully saturated rings. The lowest BCUT2D eigenvalue weighted by Gasteiger charge is -2.41. The summed E-state index contributed by atoms with van der Waals surface area (Å²) in [5, 5.41) is 6.27. The molecule has 1 saturated carbocycles. The van der Waals surface area contributed by atoms with Gasteiger partial charge < -0.3 is 36.0 Å². The number of aromatic nitrogens is 1. The third kappa shape index (κ3) is 6.63. The number of carbonyl (C=O) groups excluding carboxylic acids is 3. The second-order valence-electron chi connectivity index (χ2n) is 12.2. The minimum absolute atomic E-state index is 0.0420. The maximum Gasteiger partial charge on any atom is 0.318 e. The van der Waals surface area contributed by atoms with Gasteiger partial charge in [-0.2, -0.15) is 0 Å². The smallest absolute Gasteiger partial charge is 0.318 e. The van der Waals surface area contributed by atoms with E-state index in [2.05, 4.69) is 57.3 Å². The summed E-state index contributed by atoms with van der Waals surface area (Å²) >= 11 is 7.03. The summed E-state index contributed by atoms with van der Waals surface area (Å²) in [6.45, 7) is 3.62. The predicted octanol–water partition coefficient (Wildman–Crippen LogP) is 3.96. The Morgan fingerprint density at radius 3 is 2.30 bits per heavy atom. The highest BCUT2D eigenvalue weighted by Gasteiger charge is 2.44. The van der Waals surface area contributed by atoms with Gasteiger partial charge in [0.25, 0.3) is 0 Å². The number of amides is 5. The molecule has 3 atom stereocenters. The third-order valence-corrected chi connectivity index (χ3v) is 10.9. The van der Waals surface area contributed by atoms with Gasteiger partial charge in [0.1, 0.15) is 6.04 Å².